The van der Waals surface area contributed by atoms with Gasteiger partial charge in [0, 0.05) is 12.1 Å². The zero-order chi connectivity index (χ0) is 17.4. The number of hydrogen-bond donors (Lipinski definition) is 1. The number of non-ortho nitro benzene ring substituents is 1. The van der Waals surface area contributed by atoms with Crippen LogP contribution in [0.4, 0.5) is 5.69 Å². The lowest BCUT2D eigenvalue weighted by molar-refractivity contribution is -0.384. The Labute approximate surface area is 141 Å². The molecule has 0 aliphatic carbocycles. The third kappa shape index (κ3) is 4.65. The van der Waals surface area contributed by atoms with Crippen molar-refractivity contribution < 1.29 is 10.1 Å². The molecule has 24 heavy (non-hydrogen) atoms. The van der Waals surface area contributed by atoms with E-state index in [1.165, 1.54) is 25.0 Å². The SMILES string of the molecule is CCCCCCC(=NO)c1ccc(-c2ccc([N+](=O)[O-])cc2)cc1. The van der Waals surface area contributed by atoms with E-state index in [0.29, 0.717) is 5.71 Å². The van der Waals surface area contributed by atoms with Crippen molar-refractivity contribution in [2.45, 2.75) is 39.0 Å². The van der Waals surface area contributed by atoms with Gasteiger partial charge in [0.05, 0.1) is 10.6 Å². The molecule has 0 atom stereocenters. The second kappa shape index (κ2) is 8.82. The number of oxime groups is 1. The van der Waals surface area contributed by atoms with Crippen molar-refractivity contribution in [3.8, 4) is 11.1 Å². The van der Waals surface area contributed by atoms with Crippen LogP contribution < -0.4 is 0 Å². The van der Waals surface area contributed by atoms with Gasteiger partial charge in [-0.05, 0) is 41.7 Å². The van der Waals surface area contributed by atoms with Crippen LogP contribution in [0.1, 0.15) is 44.6 Å². The van der Waals surface area contributed by atoms with Crippen LogP contribution in [0.3, 0.4) is 0 Å². The Morgan fingerprint density at radius 3 is 2.08 bits per heavy atom. The van der Waals surface area contributed by atoms with Gasteiger partial charge in [-0.3, -0.25) is 10.1 Å². The van der Waals surface area contributed by atoms with Gasteiger partial charge in [0.1, 0.15) is 0 Å². The maximum absolute atomic E-state index is 10.7. The molecule has 0 aromatic heterocycles. The van der Waals surface area contributed by atoms with Crippen LogP contribution in [-0.4, -0.2) is 15.8 Å². The Morgan fingerprint density at radius 2 is 1.58 bits per heavy atom. The molecular formula is C19H22N2O3. The molecule has 0 spiro atoms. The van der Waals surface area contributed by atoms with E-state index < -0.39 is 4.92 Å². The maximum Gasteiger partial charge on any atom is 0.269 e. The summed E-state index contributed by atoms with van der Waals surface area (Å²) in [5.41, 5.74) is 3.56. The number of nitrogens with zero attached hydrogens (tertiary/aromatic N) is 2. The quantitative estimate of drug-likeness (QED) is 0.232. The highest BCUT2D eigenvalue weighted by molar-refractivity contribution is 6.00. The molecule has 0 heterocycles. The van der Waals surface area contributed by atoms with E-state index in [1.54, 1.807) is 12.1 Å². The van der Waals surface area contributed by atoms with E-state index in [1.807, 2.05) is 24.3 Å². The molecule has 0 amide bonds. The first-order valence-electron chi connectivity index (χ1n) is 8.22. The summed E-state index contributed by atoms with van der Waals surface area (Å²) in [5, 5.41) is 23.4. The second-order valence-corrected chi connectivity index (χ2v) is 5.74. The molecule has 0 fully saturated rings. The van der Waals surface area contributed by atoms with E-state index in [9.17, 15) is 15.3 Å². The first-order valence-corrected chi connectivity index (χ1v) is 8.22. The molecule has 0 aliphatic rings. The molecule has 5 nitrogen and oxygen atoms in total. The Hall–Kier alpha value is -2.69. The minimum Gasteiger partial charge on any atom is -0.411 e. The zero-order valence-electron chi connectivity index (χ0n) is 13.8. The topological polar surface area (TPSA) is 75.7 Å². The van der Waals surface area contributed by atoms with Gasteiger partial charge >= 0.3 is 0 Å². The van der Waals surface area contributed by atoms with Gasteiger partial charge in [0.25, 0.3) is 5.69 Å². The highest BCUT2D eigenvalue weighted by atomic mass is 16.6. The summed E-state index contributed by atoms with van der Waals surface area (Å²) in [6, 6.07) is 14.2. The second-order valence-electron chi connectivity index (χ2n) is 5.74. The van der Waals surface area contributed by atoms with Crippen LogP contribution in [0.15, 0.2) is 53.7 Å². The molecule has 0 bridgehead atoms. The number of nitro groups is 1. The summed E-state index contributed by atoms with van der Waals surface area (Å²) in [5.74, 6) is 0. The zero-order valence-corrected chi connectivity index (χ0v) is 13.8. The molecule has 2 rings (SSSR count). The highest BCUT2D eigenvalue weighted by Gasteiger charge is 2.07. The standard InChI is InChI=1S/C19H22N2O3/c1-2-3-4-5-6-19(20-22)17-9-7-15(8-10-17)16-11-13-18(14-12-16)21(23)24/h7-14,22H,2-6H2,1H3. The average molecular weight is 326 g/mol. The molecule has 0 aliphatic heterocycles. The van der Waals surface area contributed by atoms with Crippen LogP contribution >= 0.6 is 0 Å². The summed E-state index contributed by atoms with van der Waals surface area (Å²) in [6.07, 6.45) is 5.27. The maximum atomic E-state index is 10.7. The van der Waals surface area contributed by atoms with Crippen molar-refractivity contribution in [1.82, 2.24) is 0 Å². The van der Waals surface area contributed by atoms with Crippen LogP contribution in [0.2, 0.25) is 0 Å². The Bertz CT molecular complexity index is 692. The van der Waals surface area contributed by atoms with Crippen molar-refractivity contribution in [2.24, 2.45) is 5.16 Å². The summed E-state index contributed by atoms with van der Waals surface area (Å²) in [4.78, 5) is 10.3. The lowest BCUT2D eigenvalue weighted by atomic mass is 9.99. The molecule has 0 saturated carbocycles. The lowest BCUT2D eigenvalue weighted by Crippen LogP contribution is -2.01. The van der Waals surface area contributed by atoms with E-state index in [-0.39, 0.29) is 5.69 Å². The first kappa shape index (κ1) is 17.7. The molecular weight excluding hydrogens is 304 g/mol. The van der Waals surface area contributed by atoms with Crippen molar-refractivity contribution in [2.75, 3.05) is 0 Å². The number of rotatable bonds is 8. The van der Waals surface area contributed by atoms with E-state index in [4.69, 9.17) is 0 Å². The fourth-order valence-electron chi connectivity index (χ4n) is 2.60. The van der Waals surface area contributed by atoms with E-state index in [2.05, 4.69) is 12.1 Å². The molecule has 2 aromatic carbocycles. The molecule has 1 N–H and O–H groups in total. The lowest BCUT2D eigenvalue weighted by Gasteiger charge is -2.07. The molecule has 126 valence electrons. The predicted octanol–water partition coefficient (Wildman–Crippen LogP) is 5.41. The van der Waals surface area contributed by atoms with Gasteiger partial charge in [-0.25, -0.2) is 0 Å². The molecule has 0 radical (unpaired) electrons. The smallest absolute Gasteiger partial charge is 0.269 e. The summed E-state index contributed by atoms with van der Waals surface area (Å²) < 4.78 is 0. The van der Waals surface area contributed by atoms with Crippen molar-refractivity contribution in [3.05, 3.63) is 64.2 Å². The Balaban J connectivity index is 2.07. The third-order valence-electron chi connectivity index (χ3n) is 4.02. The van der Waals surface area contributed by atoms with Gasteiger partial charge in [-0.15, -0.1) is 0 Å². The fraction of sp³-hybridized carbons (Fsp3) is 0.316. The largest absolute Gasteiger partial charge is 0.411 e. The van der Waals surface area contributed by atoms with Gasteiger partial charge < -0.3 is 5.21 Å². The van der Waals surface area contributed by atoms with Gasteiger partial charge in [0.15, 0.2) is 0 Å². The Kier molecular flexibility index (Phi) is 6.49. The van der Waals surface area contributed by atoms with Crippen molar-refractivity contribution in [1.29, 1.82) is 0 Å². The van der Waals surface area contributed by atoms with Crippen LogP contribution in [0.5, 0.6) is 0 Å². The highest BCUT2D eigenvalue weighted by Crippen LogP contribution is 2.23. The monoisotopic (exact) mass is 326 g/mol. The number of nitro benzene ring substituents is 1. The first-order chi connectivity index (χ1) is 11.7. The Morgan fingerprint density at radius 1 is 1.00 bits per heavy atom. The van der Waals surface area contributed by atoms with Crippen LogP contribution in [-0.2, 0) is 0 Å². The number of hydrogen-bond acceptors (Lipinski definition) is 4. The third-order valence-corrected chi connectivity index (χ3v) is 4.02. The molecule has 0 saturated heterocycles. The van der Waals surface area contributed by atoms with Gasteiger partial charge in [-0.2, -0.15) is 0 Å². The van der Waals surface area contributed by atoms with Gasteiger partial charge in [-0.1, -0.05) is 55.6 Å². The molecule has 2 aromatic rings. The van der Waals surface area contributed by atoms with Crippen molar-refractivity contribution in [3.63, 3.8) is 0 Å². The minimum absolute atomic E-state index is 0.0807. The minimum atomic E-state index is -0.407. The number of benzene rings is 2. The number of unbranched alkanes of at least 4 members (excludes halogenated alkanes) is 3. The molecule has 5 heteroatoms. The fourth-order valence-corrected chi connectivity index (χ4v) is 2.60. The average Bonchev–Trinajstić information content (AvgIpc) is 2.62. The van der Waals surface area contributed by atoms with Gasteiger partial charge in [0.2, 0.25) is 0 Å². The molecule has 0 unspecified atom stereocenters. The van der Waals surface area contributed by atoms with Crippen LogP contribution in [0.25, 0.3) is 11.1 Å². The van der Waals surface area contributed by atoms with E-state index >= 15 is 0 Å². The summed E-state index contributed by atoms with van der Waals surface area (Å²) in [7, 11) is 0. The van der Waals surface area contributed by atoms with Crippen LogP contribution in [0, 0.1) is 10.1 Å². The normalized spacial score (nSPS) is 11.5. The summed E-state index contributed by atoms with van der Waals surface area (Å²) in [6.45, 7) is 2.16. The predicted molar refractivity (Wildman–Crippen MR) is 95.6 cm³/mol. The van der Waals surface area contributed by atoms with Crippen molar-refractivity contribution >= 4 is 11.4 Å². The summed E-state index contributed by atoms with van der Waals surface area (Å²) >= 11 is 0. The van der Waals surface area contributed by atoms with E-state index in [0.717, 1.165) is 36.0 Å².